The molecule has 2 aliphatic heterocycles. The van der Waals surface area contributed by atoms with E-state index in [2.05, 4.69) is 20.2 Å². The second kappa shape index (κ2) is 9.89. The van der Waals surface area contributed by atoms with Crippen LogP contribution in [-0.2, 0) is 12.7 Å². The molecule has 0 saturated carbocycles. The van der Waals surface area contributed by atoms with Crippen molar-refractivity contribution in [3.63, 3.8) is 0 Å². The van der Waals surface area contributed by atoms with Gasteiger partial charge in [0.25, 0.3) is 0 Å². The van der Waals surface area contributed by atoms with Crippen molar-refractivity contribution < 1.29 is 18.3 Å². The summed E-state index contributed by atoms with van der Waals surface area (Å²) >= 11 is 5.97. The summed E-state index contributed by atoms with van der Waals surface area (Å²) in [6.07, 6.45) is -3.48. The molecule has 2 atom stereocenters. The first-order valence-corrected chi connectivity index (χ1v) is 12.1. The van der Waals surface area contributed by atoms with Crippen molar-refractivity contribution >= 4 is 28.3 Å². The van der Waals surface area contributed by atoms with Crippen LogP contribution in [0.15, 0.2) is 48.5 Å². The summed E-state index contributed by atoms with van der Waals surface area (Å²) in [6.45, 7) is 3.32. The Hall–Kier alpha value is -2.46. The van der Waals surface area contributed by atoms with E-state index < -0.39 is 18.1 Å². The van der Waals surface area contributed by atoms with E-state index in [4.69, 9.17) is 11.6 Å². The molecule has 0 unspecified atom stereocenters. The summed E-state index contributed by atoms with van der Waals surface area (Å²) in [6, 6.07) is 14.5. The fourth-order valence-electron chi connectivity index (χ4n) is 4.96. The average molecular weight is 506 g/mol. The molecule has 1 aromatic heterocycles. The van der Waals surface area contributed by atoms with Gasteiger partial charge >= 0.3 is 6.18 Å². The number of nitrogens with one attached hydrogen (secondary N) is 1. The second-order valence-electron chi connectivity index (χ2n) is 9.31. The van der Waals surface area contributed by atoms with Crippen molar-refractivity contribution in [3.05, 3.63) is 64.9 Å². The molecule has 0 bridgehead atoms. The first-order chi connectivity index (χ1) is 16.8. The van der Waals surface area contributed by atoms with Gasteiger partial charge in [0.15, 0.2) is 0 Å². The molecular formula is C25H27ClF3N5O. The topological polar surface area (TPSA) is 64.5 Å². The molecule has 2 saturated heterocycles. The Morgan fingerprint density at radius 2 is 1.71 bits per heavy atom. The number of aromatic nitrogens is 2. The van der Waals surface area contributed by atoms with E-state index >= 15 is 0 Å². The Bertz CT molecular complexity index is 1170. The van der Waals surface area contributed by atoms with Gasteiger partial charge in [-0.3, -0.25) is 4.90 Å². The number of alkyl halides is 3. The standard InChI is InChI=1S/C25H27ClF3N5O/c26-17-7-5-16(6-8-17)13-33-11-9-18(10-12-33)30-21-14-34(15-22(21)35)23-19-3-1-2-4-20(19)31-24(32-23)25(27,28)29/h1-8,18,21-22,30,35H,9-15H2/t21-,22-/m1/s1. The Morgan fingerprint density at radius 1 is 1.00 bits per heavy atom. The molecule has 6 nitrogen and oxygen atoms in total. The van der Waals surface area contributed by atoms with Gasteiger partial charge in [-0.05, 0) is 55.8 Å². The van der Waals surface area contributed by atoms with E-state index in [1.165, 1.54) is 5.56 Å². The lowest BCUT2D eigenvalue weighted by molar-refractivity contribution is -0.144. The van der Waals surface area contributed by atoms with Gasteiger partial charge < -0.3 is 15.3 Å². The zero-order valence-electron chi connectivity index (χ0n) is 19.0. The number of β-amino-alcohol motifs (C(OH)–C–C–N with tert-alkyl or cyclic N) is 1. The van der Waals surface area contributed by atoms with Gasteiger partial charge in [0.05, 0.1) is 17.7 Å². The number of rotatable bonds is 5. The third kappa shape index (κ3) is 5.53. The minimum absolute atomic E-state index is 0.212. The SMILES string of the molecule is O[C@@H]1CN(c2nc(C(F)(F)F)nc3ccccc23)C[C@H]1NC1CCN(Cc2ccc(Cl)cc2)CC1. The monoisotopic (exact) mass is 505 g/mol. The number of nitrogens with zero attached hydrogens (tertiary/aromatic N) is 4. The van der Waals surface area contributed by atoms with Crippen LogP contribution in [0.25, 0.3) is 10.9 Å². The molecule has 2 N–H and O–H groups in total. The van der Waals surface area contributed by atoms with E-state index in [1.54, 1.807) is 29.2 Å². The minimum Gasteiger partial charge on any atom is -0.390 e. The molecule has 35 heavy (non-hydrogen) atoms. The van der Waals surface area contributed by atoms with Gasteiger partial charge in [-0.1, -0.05) is 35.9 Å². The molecular weight excluding hydrogens is 479 g/mol. The van der Waals surface area contributed by atoms with E-state index in [1.807, 2.05) is 24.3 Å². The van der Waals surface area contributed by atoms with E-state index in [9.17, 15) is 18.3 Å². The Labute approximate surface area is 206 Å². The first kappa shape index (κ1) is 24.2. The smallest absolute Gasteiger partial charge is 0.390 e. The maximum absolute atomic E-state index is 13.4. The van der Waals surface area contributed by atoms with Crippen LogP contribution in [0.2, 0.25) is 5.02 Å². The van der Waals surface area contributed by atoms with E-state index in [0.29, 0.717) is 11.9 Å². The zero-order chi connectivity index (χ0) is 24.6. The van der Waals surface area contributed by atoms with Crippen molar-refractivity contribution in [3.8, 4) is 0 Å². The predicted octanol–water partition coefficient (Wildman–Crippen LogP) is 4.11. The number of likely N-dealkylation sites (tertiary alicyclic amines) is 1. The molecule has 0 aliphatic carbocycles. The average Bonchev–Trinajstić information content (AvgIpc) is 3.20. The number of piperidine rings is 1. The predicted molar refractivity (Wildman–Crippen MR) is 129 cm³/mol. The largest absolute Gasteiger partial charge is 0.451 e. The van der Waals surface area contributed by atoms with Crippen LogP contribution in [-0.4, -0.2) is 64.3 Å². The van der Waals surface area contributed by atoms with Gasteiger partial charge in [-0.2, -0.15) is 13.2 Å². The van der Waals surface area contributed by atoms with Gasteiger partial charge in [0, 0.05) is 36.1 Å². The lowest BCUT2D eigenvalue weighted by atomic mass is 10.0. The third-order valence-corrected chi connectivity index (χ3v) is 7.03. The van der Waals surface area contributed by atoms with Crippen molar-refractivity contribution in [1.82, 2.24) is 20.2 Å². The lowest BCUT2D eigenvalue weighted by Crippen LogP contribution is -2.49. The van der Waals surface area contributed by atoms with Crippen LogP contribution in [0, 0.1) is 0 Å². The fourth-order valence-corrected chi connectivity index (χ4v) is 5.09. The number of benzene rings is 2. The molecule has 0 spiro atoms. The van der Waals surface area contributed by atoms with E-state index in [-0.39, 0.29) is 30.0 Å². The summed E-state index contributed by atoms with van der Waals surface area (Å²) in [5.41, 5.74) is 1.46. The summed E-state index contributed by atoms with van der Waals surface area (Å²) in [5.74, 6) is -0.950. The number of hydrogen-bond acceptors (Lipinski definition) is 6. The number of anilines is 1. The van der Waals surface area contributed by atoms with Crippen LogP contribution in [0.4, 0.5) is 19.0 Å². The molecule has 0 radical (unpaired) electrons. The van der Waals surface area contributed by atoms with Crippen LogP contribution in [0.5, 0.6) is 0 Å². The fraction of sp³-hybridized carbons (Fsp3) is 0.440. The Morgan fingerprint density at radius 3 is 2.43 bits per heavy atom. The third-order valence-electron chi connectivity index (χ3n) is 6.78. The Balaban J connectivity index is 1.23. The normalized spacial score (nSPS) is 22.3. The highest BCUT2D eigenvalue weighted by Crippen LogP contribution is 2.33. The maximum atomic E-state index is 13.4. The van der Waals surface area contributed by atoms with Gasteiger partial charge in [0.2, 0.25) is 5.82 Å². The second-order valence-corrected chi connectivity index (χ2v) is 9.74. The molecule has 3 aromatic rings. The molecule has 2 fully saturated rings. The number of halogens is 4. The Kier molecular flexibility index (Phi) is 6.85. The highest BCUT2D eigenvalue weighted by molar-refractivity contribution is 6.30. The van der Waals surface area contributed by atoms with Crippen LogP contribution >= 0.6 is 11.6 Å². The van der Waals surface area contributed by atoms with Crippen molar-refractivity contribution in [2.24, 2.45) is 0 Å². The summed E-state index contributed by atoms with van der Waals surface area (Å²) in [4.78, 5) is 11.7. The molecule has 10 heteroatoms. The highest BCUT2D eigenvalue weighted by atomic mass is 35.5. The number of aliphatic hydroxyl groups is 1. The van der Waals surface area contributed by atoms with Crippen molar-refractivity contribution in [2.45, 2.75) is 43.8 Å². The molecule has 3 heterocycles. The highest BCUT2D eigenvalue weighted by Gasteiger charge is 2.39. The number of para-hydroxylation sites is 1. The summed E-state index contributed by atoms with van der Waals surface area (Å²) in [5, 5.41) is 15.6. The molecule has 2 aliphatic rings. The first-order valence-electron chi connectivity index (χ1n) is 11.8. The van der Waals surface area contributed by atoms with Crippen LogP contribution < -0.4 is 10.2 Å². The van der Waals surface area contributed by atoms with Crippen molar-refractivity contribution in [1.29, 1.82) is 0 Å². The quantitative estimate of drug-likeness (QED) is 0.544. The number of hydrogen-bond donors (Lipinski definition) is 2. The molecule has 0 amide bonds. The summed E-state index contributed by atoms with van der Waals surface area (Å²) in [7, 11) is 0. The van der Waals surface area contributed by atoms with Gasteiger partial charge in [0.1, 0.15) is 5.82 Å². The van der Waals surface area contributed by atoms with Gasteiger partial charge in [-0.25, -0.2) is 9.97 Å². The zero-order valence-corrected chi connectivity index (χ0v) is 19.8. The van der Waals surface area contributed by atoms with Crippen molar-refractivity contribution in [2.75, 3.05) is 31.1 Å². The van der Waals surface area contributed by atoms with E-state index in [0.717, 1.165) is 37.5 Å². The maximum Gasteiger partial charge on any atom is 0.451 e. The summed E-state index contributed by atoms with van der Waals surface area (Å²) < 4.78 is 40.3. The number of aliphatic hydroxyl groups excluding tert-OH is 1. The van der Waals surface area contributed by atoms with Crippen LogP contribution in [0.1, 0.15) is 24.2 Å². The van der Waals surface area contributed by atoms with Gasteiger partial charge in [-0.15, -0.1) is 0 Å². The lowest BCUT2D eigenvalue weighted by Gasteiger charge is -2.34. The van der Waals surface area contributed by atoms with Crippen LogP contribution in [0.3, 0.4) is 0 Å². The molecule has 186 valence electrons. The molecule has 5 rings (SSSR count). The minimum atomic E-state index is -4.64. The molecule has 2 aromatic carbocycles. The number of fused-ring (bicyclic) bond motifs is 1.